The zero-order valence-corrected chi connectivity index (χ0v) is 14.1. The number of carbonyl (C=O) groups excluding carboxylic acids is 2. The lowest BCUT2D eigenvalue weighted by atomic mass is 10.2. The number of esters is 1. The van der Waals surface area contributed by atoms with Gasteiger partial charge in [-0.25, -0.2) is 4.79 Å². The van der Waals surface area contributed by atoms with Gasteiger partial charge in [-0.15, -0.1) is 0 Å². The van der Waals surface area contributed by atoms with Crippen molar-refractivity contribution in [2.75, 3.05) is 12.0 Å². The molecular formula is C14H13Cl2F3N2O3. The molecule has 5 nitrogen and oxygen atoms in total. The first kappa shape index (κ1) is 20.1. The van der Waals surface area contributed by atoms with Gasteiger partial charge in [0.2, 0.25) is 0 Å². The number of hydrazine groups is 1. The molecular weight excluding hydrogens is 372 g/mol. The summed E-state index contributed by atoms with van der Waals surface area (Å²) in [6, 6.07) is 1.39. The van der Waals surface area contributed by atoms with Crippen molar-refractivity contribution in [1.82, 2.24) is 5.43 Å². The topological polar surface area (TPSA) is 67.4 Å². The normalized spacial score (nSPS) is 11.9. The number of hydrogen-bond donors (Lipinski definition) is 2. The number of carbonyl (C=O) groups is 2. The van der Waals surface area contributed by atoms with Gasteiger partial charge < -0.3 is 10.2 Å². The number of Topliss-reactive ketones (excluding diaryl/α,β-unsaturated/α-hetero) is 1. The van der Waals surface area contributed by atoms with Crippen LogP contribution in [0.5, 0.6) is 0 Å². The van der Waals surface area contributed by atoms with Crippen LogP contribution >= 0.6 is 23.2 Å². The monoisotopic (exact) mass is 384 g/mol. The minimum absolute atomic E-state index is 0.0469. The minimum Gasteiger partial charge on any atom is -0.462 e. The van der Waals surface area contributed by atoms with Crippen molar-refractivity contribution in [2.24, 2.45) is 0 Å². The summed E-state index contributed by atoms with van der Waals surface area (Å²) in [6.07, 6.45) is -3.59. The molecule has 0 bridgehead atoms. The number of ether oxygens (including phenoxy) is 1. The Hall–Kier alpha value is -1.93. The van der Waals surface area contributed by atoms with Crippen LogP contribution in [0.15, 0.2) is 23.9 Å². The van der Waals surface area contributed by atoms with Crippen molar-refractivity contribution in [3.05, 3.63) is 39.5 Å². The van der Waals surface area contributed by atoms with Crippen LogP contribution < -0.4 is 10.9 Å². The Balaban J connectivity index is 2.96. The SMILES string of the molecule is CCOC(=O)/C(=C/NNc1c(Cl)cc(C(F)(F)F)cc1Cl)C(C)=O. The molecule has 24 heavy (non-hydrogen) atoms. The van der Waals surface area contributed by atoms with Crippen molar-refractivity contribution in [3.63, 3.8) is 0 Å². The van der Waals surface area contributed by atoms with Gasteiger partial charge >= 0.3 is 12.1 Å². The fraction of sp³-hybridized carbons (Fsp3) is 0.286. The van der Waals surface area contributed by atoms with E-state index in [1.807, 2.05) is 0 Å². The number of halogens is 5. The maximum atomic E-state index is 12.6. The van der Waals surface area contributed by atoms with Crippen LogP contribution in [0.1, 0.15) is 19.4 Å². The van der Waals surface area contributed by atoms with E-state index >= 15 is 0 Å². The lowest BCUT2D eigenvalue weighted by Gasteiger charge is -2.14. The molecule has 0 amide bonds. The van der Waals surface area contributed by atoms with Gasteiger partial charge in [-0.1, -0.05) is 23.2 Å². The van der Waals surface area contributed by atoms with Crippen molar-refractivity contribution in [1.29, 1.82) is 0 Å². The predicted octanol–water partition coefficient (Wildman–Crippen LogP) is 3.96. The molecule has 0 aliphatic heterocycles. The molecule has 0 aliphatic rings. The van der Waals surface area contributed by atoms with Gasteiger partial charge in [0.25, 0.3) is 0 Å². The third-order valence-electron chi connectivity index (χ3n) is 2.66. The smallest absolute Gasteiger partial charge is 0.416 e. The Morgan fingerprint density at radius 1 is 1.25 bits per heavy atom. The molecule has 0 heterocycles. The van der Waals surface area contributed by atoms with E-state index in [0.29, 0.717) is 12.1 Å². The molecule has 0 saturated heterocycles. The second-order valence-electron chi connectivity index (χ2n) is 4.42. The highest BCUT2D eigenvalue weighted by molar-refractivity contribution is 6.39. The molecule has 10 heteroatoms. The van der Waals surface area contributed by atoms with Crippen LogP contribution in [0.3, 0.4) is 0 Å². The molecule has 2 N–H and O–H groups in total. The molecule has 1 aromatic carbocycles. The second kappa shape index (κ2) is 8.25. The molecule has 0 atom stereocenters. The molecule has 132 valence electrons. The van der Waals surface area contributed by atoms with Crippen molar-refractivity contribution < 1.29 is 27.5 Å². The summed E-state index contributed by atoms with van der Waals surface area (Å²) in [5.74, 6) is -1.41. The fourth-order valence-corrected chi connectivity index (χ4v) is 2.13. The van der Waals surface area contributed by atoms with E-state index in [9.17, 15) is 22.8 Å². The average molecular weight is 385 g/mol. The molecule has 0 unspecified atom stereocenters. The summed E-state index contributed by atoms with van der Waals surface area (Å²) in [7, 11) is 0. The maximum Gasteiger partial charge on any atom is 0.416 e. The Morgan fingerprint density at radius 2 is 1.79 bits per heavy atom. The van der Waals surface area contributed by atoms with E-state index in [2.05, 4.69) is 10.9 Å². The van der Waals surface area contributed by atoms with Gasteiger partial charge in [0.1, 0.15) is 5.57 Å². The minimum atomic E-state index is -4.59. The summed E-state index contributed by atoms with van der Waals surface area (Å²) in [5.41, 5.74) is 3.46. The quantitative estimate of drug-likeness (QED) is 0.255. The molecule has 1 rings (SSSR count). The van der Waals surface area contributed by atoms with E-state index in [1.165, 1.54) is 0 Å². The highest BCUT2D eigenvalue weighted by atomic mass is 35.5. The van der Waals surface area contributed by atoms with Crippen molar-refractivity contribution >= 4 is 40.6 Å². The lowest BCUT2D eigenvalue weighted by molar-refractivity contribution is -0.140. The van der Waals surface area contributed by atoms with Gasteiger partial charge in [0.15, 0.2) is 5.78 Å². The van der Waals surface area contributed by atoms with E-state index in [4.69, 9.17) is 27.9 Å². The zero-order valence-electron chi connectivity index (χ0n) is 12.6. The molecule has 0 radical (unpaired) electrons. The molecule has 0 aliphatic carbocycles. The van der Waals surface area contributed by atoms with Gasteiger partial charge in [0.05, 0.1) is 27.9 Å². The van der Waals surface area contributed by atoms with Crippen LogP contribution in [-0.4, -0.2) is 18.4 Å². The Labute approximate surface area is 145 Å². The molecule has 0 saturated carbocycles. The van der Waals surface area contributed by atoms with Gasteiger partial charge in [-0.3, -0.25) is 10.2 Å². The van der Waals surface area contributed by atoms with E-state index in [0.717, 1.165) is 13.1 Å². The van der Waals surface area contributed by atoms with Gasteiger partial charge in [-0.2, -0.15) is 13.2 Å². The van der Waals surface area contributed by atoms with E-state index < -0.39 is 23.5 Å². The third-order valence-corrected chi connectivity index (χ3v) is 3.25. The first-order chi connectivity index (χ1) is 11.1. The highest BCUT2D eigenvalue weighted by Gasteiger charge is 2.32. The zero-order chi connectivity index (χ0) is 18.5. The number of hydrogen-bond acceptors (Lipinski definition) is 5. The van der Waals surface area contributed by atoms with E-state index in [1.54, 1.807) is 6.92 Å². The summed E-state index contributed by atoms with van der Waals surface area (Å²) < 4.78 is 42.6. The van der Waals surface area contributed by atoms with Crippen LogP contribution in [0.25, 0.3) is 0 Å². The molecule has 1 aromatic rings. The predicted molar refractivity (Wildman–Crippen MR) is 83.6 cm³/mol. The third kappa shape index (κ3) is 5.31. The van der Waals surface area contributed by atoms with Gasteiger partial charge in [-0.05, 0) is 26.0 Å². The number of benzene rings is 1. The first-order valence-electron chi connectivity index (χ1n) is 6.54. The molecule has 0 aromatic heterocycles. The number of ketones is 1. The maximum absolute atomic E-state index is 12.6. The number of alkyl halides is 3. The Kier molecular flexibility index (Phi) is 6.92. The van der Waals surface area contributed by atoms with Crippen molar-refractivity contribution in [3.8, 4) is 0 Å². The highest BCUT2D eigenvalue weighted by Crippen LogP contribution is 2.38. The fourth-order valence-electron chi connectivity index (χ4n) is 1.55. The standard InChI is InChI=1S/C14H13Cl2F3N2O3/c1-3-24-13(23)9(7(2)22)6-20-21-12-10(15)4-8(5-11(12)16)14(17,18)19/h4-6,20-21H,3H2,1-2H3/b9-6+. The van der Waals surface area contributed by atoms with Crippen molar-refractivity contribution in [2.45, 2.75) is 20.0 Å². The largest absolute Gasteiger partial charge is 0.462 e. The van der Waals surface area contributed by atoms with Crippen LogP contribution in [0.2, 0.25) is 10.0 Å². The van der Waals surface area contributed by atoms with Crippen LogP contribution in [0.4, 0.5) is 18.9 Å². The second-order valence-corrected chi connectivity index (χ2v) is 5.23. The average Bonchev–Trinajstić information content (AvgIpc) is 2.44. The summed E-state index contributed by atoms with van der Waals surface area (Å²) in [5, 5.41) is -0.590. The summed E-state index contributed by atoms with van der Waals surface area (Å²) >= 11 is 11.5. The Morgan fingerprint density at radius 3 is 2.21 bits per heavy atom. The lowest BCUT2D eigenvalue weighted by Crippen LogP contribution is -2.21. The van der Waals surface area contributed by atoms with Crippen LogP contribution in [0, 0.1) is 0 Å². The van der Waals surface area contributed by atoms with Gasteiger partial charge in [0, 0.05) is 6.20 Å². The molecule has 0 spiro atoms. The first-order valence-corrected chi connectivity index (χ1v) is 7.29. The number of rotatable bonds is 6. The Bertz CT molecular complexity index is 653. The van der Waals surface area contributed by atoms with Crippen LogP contribution in [-0.2, 0) is 20.5 Å². The van der Waals surface area contributed by atoms with E-state index in [-0.39, 0.29) is 27.9 Å². The number of anilines is 1. The molecule has 0 fully saturated rings. The summed E-state index contributed by atoms with van der Waals surface area (Å²) in [6.45, 7) is 2.80. The number of nitrogens with one attached hydrogen (secondary N) is 2. The summed E-state index contributed by atoms with van der Waals surface area (Å²) in [4.78, 5) is 22.9.